The lowest BCUT2D eigenvalue weighted by molar-refractivity contribution is 0.0529. The van der Waals surface area contributed by atoms with Gasteiger partial charge in [0.15, 0.2) is 0 Å². The molecule has 0 spiro atoms. The largest absolute Gasteiger partial charge is 0.474 e. The fourth-order valence-corrected chi connectivity index (χ4v) is 3.27. The first kappa shape index (κ1) is 13.8. The summed E-state index contributed by atoms with van der Waals surface area (Å²) in [5.74, 6) is 0.697. The second kappa shape index (κ2) is 4.82. The van der Waals surface area contributed by atoms with Crippen LogP contribution in [0.2, 0.25) is 0 Å². The average molecular weight is 313 g/mol. The van der Waals surface area contributed by atoms with Gasteiger partial charge in [0.2, 0.25) is 5.88 Å². The van der Waals surface area contributed by atoms with Crippen LogP contribution in [0.4, 0.5) is 0 Å². The Hall–Kier alpha value is -0.610. The van der Waals surface area contributed by atoms with Crippen molar-refractivity contribution in [1.82, 2.24) is 10.3 Å². The van der Waals surface area contributed by atoms with Gasteiger partial charge in [0.25, 0.3) is 0 Å². The Morgan fingerprint density at radius 1 is 1.22 bits per heavy atom. The Bertz CT molecular complexity index is 416. The summed E-state index contributed by atoms with van der Waals surface area (Å²) in [6.45, 7) is 8.88. The van der Waals surface area contributed by atoms with Crippen molar-refractivity contribution in [1.29, 1.82) is 0 Å². The highest BCUT2D eigenvalue weighted by Gasteiger charge is 2.38. The molecule has 0 atom stereocenters. The van der Waals surface area contributed by atoms with E-state index in [0.29, 0.717) is 5.88 Å². The number of hydrogen-bond donors (Lipinski definition) is 1. The Morgan fingerprint density at radius 3 is 2.39 bits per heavy atom. The van der Waals surface area contributed by atoms with Crippen molar-refractivity contribution < 1.29 is 4.74 Å². The van der Waals surface area contributed by atoms with Gasteiger partial charge in [-0.3, -0.25) is 0 Å². The maximum Gasteiger partial charge on any atom is 0.214 e. The highest BCUT2D eigenvalue weighted by atomic mass is 79.9. The molecule has 0 amide bonds. The molecule has 100 valence electrons. The predicted molar refractivity (Wildman–Crippen MR) is 76.9 cm³/mol. The van der Waals surface area contributed by atoms with Crippen molar-refractivity contribution in [2.24, 2.45) is 0 Å². The van der Waals surface area contributed by atoms with Gasteiger partial charge in [-0.05, 0) is 49.7 Å². The Morgan fingerprint density at radius 2 is 1.83 bits per heavy atom. The summed E-state index contributed by atoms with van der Waals surface area (Å²) in [6, 6.07) is 5.76. The molecule has 1 aliphatic heterocycles. The highest BCUT2D eigenvalue weighted by Crippen LogP contribution is 2.31. The van der Waals surface area contributed by atoms with E-state index < -0.39 is 0 Å². The van der Waals surface area contributed by atoms with Gasteiger partial charge in [0.05, 0.1) is 0 Å². The predicted octanol–water partition coefficient (Wildman–Crippen LogP) is 3.53. The van der Waals surface area contributed by atoms with E-state index in [-0.39, 0.29) is 17.2 Å². The van der Waals surface area contributed by atoms with Gasteiger partial charge >= 0.3 is 0 Å². The van der Waals surface area contributed by atoms with Crippen molar-refractivity contribution in [2.75, 3.05) is 0 Å². The zero-order chi connectivity index (χ0) is 13.4. The molecule has 1 saturated heterocycles. The van der Waals surface area contributed by atoms with Crippen molar-refractivity contribution in [3.63, 3.8) is 0 Å². The first-order chi connectivity index (χ1) is 8.26. The molecule has 2 rings (SSSR count). The number of pyridine rings is 1. The van der Waals surface area contributed by atoms with E-state index in [0.717, 1.165) is 17.4 Å². The maximum absolute atomic E-state index is 6.03. The van der Waals surface area contributed by atoms with E-state index in [1.807, 2.05) is 18.2 Å². The molecule has 0 radical (unpaired) electrons. The van der Waals surface area contributed by atoms with Crippen LogP contribution in [0, 0.1) is 0 Å². The summed E-state index contributed by atoms with van der Waals surface area (Å²) in [4.78, 5) is 4.34. The number of halogens is 1. The fraction of sp³-hybridized carbons (Fsp3) is 0.643. The first-order valence-corrected chi connectivity index (χ1v) is 7.14. The molecule has 4 heteroatoms. The second-order valence-electron chi connectivity index (χ2n) is 6.34. The van der Waals surface area contributed by atoms with Crippen LogP contribution < -0.4 is 10.1 Å². The monoisotopic (exact) mass is 312 g/mol. The van der Waals surface area contributed by atoms with E-state index >= 15 is 0 Å². The topological polar surface area (TPSA) is 34.1 Å². The molecular formula is C14H21BrN2O. The highest BCUT2D eigenvalue weighted by molar-refractivity contribution is 9.10. The van der Waals surface area contributed by atoms with E-state index in [4.69, 9.17) is 4.74 Å². The van der Waals surface area contributed by atoms with Crippen LogP contribution in [-0.2, 0) is 0 Å². The summed E-state index contributed by atoms with van der Waals surface area (Å²) in [5.41, 5.74) is 0.191. The summed E-state index contributed by atoms with van der Waals surface area (Å²) in [6.07, 6.45) is 2.19. The first-order valence-electron chi connectivity index (χ1n) is 6.34. The van der Waals surface area contributed by atoms with Crippen LogP contribution >= 0.6 is 15.9 Å². The molecule has 0 aliphatic carbocycles. The van der Waals surface area contributed by atoms with E-state index in [1.54, 1.807) is 0 Å². The summed E-state index contributed by atoms with van der Waals surface area (Å²) in [7, 11) is 0. The zero-order valence-electron chi connectivity index (χ0n) is 11.5. The van der Waals surface area contributed by atoms with Gasteiger partial charge < -0.3 is 10.1 Å². The van der Waals surface area contributed by atoms with Crippen molar-refractivity contribution in [3.8, 4) is 5.88 Å². The van der Waals surface area contributed by atoms with Gasteiger partial charge in [-0.15, -0.1) is 0 Å². The van der Waals surface area contributed by atoms with Gasteiger partial charge in [-0.25, -0.2) is 4.98 Å². The van der Waals surface area contributed by atoms with Crippen molar-refractivity contribution >= 4 is 15.9 Å². The number of ether oxygens (including phenoxy) is 1. The van der Waals surface area contributed by atoms with Gasteiger partial charge in [-0.1, -0.05) is 6.07 Å². The Labute approximate surface area is 117 Å². The normalized spacial score (nSPS) is 22.7. The molecule has 0 unspecified atom stereocenters. The molecule has 0 bridgehead atoms. The third kappa shape index (κ3) is 3.69. The van der Waals surface area contributed by atoms with Gasteiger partial charge in [0.1, 0.15) is 10.7 Å². The van der Waals surface area contributed by atoms with Crippen LogP contribution in [0.5, 0.6) is 5.88 Å². The number of hydrogen-bond acceptors (Lipinski definition) is 3. The number of nitrogens with zero attached hydrogens (tertiary/aromatic N) is 1. The molecular weight excluding hydrogens is 292 g/mol. The smallest absolute Gasteiger partial charge is 0.214 e. The standard InChI is InChI=1S/C14H21BrN2O/c1-13(2)8-10(9-14(3,4)17-13)18-12-7-5-6-11(15)16-12/h5-7,10,17H,8-9H2,1-4H3. The zero-order valence-corrected chi connectivity index (χ0v) is 13.0. The lowest BCUT2D eigenvalue weighted by atomic mass is 9.81. The third-order valence-electron chi connectivity index (χ3n) is 3.13. The summed E-state index contributed by atoms with van der Waals surface area (Å²) in [5, 5.41) is 3.65. The maximum atomic E-state index is 6.03. The second-order valence-corrected chi connectivity index (χ2v) is 7.15. The van der Waals surface area contributed by atoms with Crippen molar-refractivity contribution in [3.05, 3.63) is 22.8 Å². The lowest BCUT2D eigenvalue weighted by Crippen LogP contribution is -2.60. The average Bonchev–Trinajstić information content (AvgIpc) is 2.11. The molecule has 0 aromatic carbocycles. The SMILES string of the molecule is CC1(C)CC(Oc2cccc(Br)n2)CC(C)(C)N1. The van der Waals surface area contributed by atoms with Crippen molar-refractivity contribution in [2.45, 2.75) is 57.7 Å². The Kier molecular flexibility index (Phi) is 3.70. The van der Waals surface area contributed by atoms with E-state index in [2.05, 4.69) is 53.9 Å². The molecule has 3 nitrogen and oxygen atoms in total. The fourth-order valence-electron chi connectivity index (χ4n) is 2.94. The summed E-state index contributed by atoms with van der Waals surface area (Å²) < 4.78 is 6.84. The molecule has 1 aliphatic rings. The minimum absolute atomic E-state index is 0.0957. The minimum Gasteiger partial charge on any atom is -0.474 e. The van der Waals surface area contributed by atoms with Crippen LogP contribution in [0.3, 0.4) is 0 Å². The molecule has 18 heavy (non-hydrogen) atoms. The van der Waals surface area contributed by atoms with Gasteiger partial charge in [0, 0.05) is 30.0 Å². The van der Waals surface area contributed by atoms with E-state index in [9.17, 15) is 0 Å². The molecule has 1 aromatic rings. The number of nitrogens with one attached hydrogen (secondary N) is 1. The van der Waals surface area contributed by atoms with Crippen LogP contribution in [-0.4, -0.2) is 22.2 Å². The van der Waals surface area contributed by atoms with Crippen LogP contribution in [0.15, 0.2) is 22.8 Å². The molecule has 1 fully saturated rings. The van der Waals surface area contributed by atoms with E-state index in [1.165, 1.54) is 0 Å². The lowest BCUT2D eigenvalue weighted by Gasteiger charge is -2.46. The van der Waals surface area contributed by atoms with Crippen LogP contribution in [0.25, 0.3) is 0 Å². The minimum atomic E-state index is 0.0957. The number of rotatable bonds is 2. The number of aromatic nitrogens is 1. The number of piperidine rings is 1. The molecule has 2 heterocycles. The quantitative estimate of drug-likeness (QED) is 0.848. The molecule has 1 aromatic heterocycles. The molecule has 0 saturated carbocycles. The van der Waals surface area contributed by atoms with Gasteiger partial charge in [-0.2, -0.15) is 0 Å². The third-order valence-corrected chi connectivity index (χ3v) is 3.57. The summed E-state index contributed by atoms with van der Waals surface area (Å²) >= 11 is 3.37. The molecule has 1 N–H and O–H groups in total. The van der Waals surface area contributed by atoms with Crippen LogP contribution in [0.1, 0.15) is 40.5 Å². The Balaban J connectivity index is 2.09.